The minimum absolute atomic E-state index is 0.827. The Hall–Kier alpha value is -2.27. The van der Waals surface area contributed by atoms with Gasteiger partial charge in [0, 0.05) is 18.0 Å². The van der Waals surface area contributed by atoms with Crippen molar-refractivity contribution in [3.05, 3.63) is 65.0 Å². The van der Waals surface area contributed by atoms with Crippen LogP contribution >= 0.6 is 0 Å². The van der Waals surface area contributed by atoms with Crippen molar-refractivity contribution in [2.45, 2.75) is 19.8 Å². The molecule has 2 aromatic rings. The number of nitrogens with zero attached hydrogens (tertiary/aromatic N) is 1. The summed E-state index contributed by atoms with van der Waals surface area (Å²) >= 11 is 0. The molecule has 18 heavy (non-hydrogen) atoms. The van der Waals surface area contributed by atoms with Gasteiger partial charge in [0.05, 0.1) is 0 Å². The van der Waals surface area contributed by atoms with Crippen molar-refractivity contribution in [2.75, 3.05) is 0 Å². The second-order valence-corrected chi connectivity index (χ2v) is 4.18. The molecule has 1 aromatic heterocycles. The lowest BCUT2D eigenvalue weighted by Gasteiger charge is -2.08. The van der Waals surface area contributed by atoms with Crippen LogP contribution < -0.4 is 5.11 Å². The van der Waals surface area contributed by atoms with E-state index in [1.807, 2.05) is 31.3 Å². The molecule has 0 fully saturated rings. The highest BCUT2D eigenvalue weighted by Gasteiger charge is 2.02. The van der Waals surface area contributed by atoms with Gasteiger partial charge in [0.25, 0.3) is 0 Å². The molecule has 2 nitrogen and oxygen atoms in total. The van der Waals surface area contributed by atoms with Crippen LogP contribution in [0.1, 0.15) is 22.3 Å². The van der Waals surface area contributed by atoms with Crippen LogP contribution in [-0.4, -0.2) is 4.98 Å². The van der Waals surface area contributed by atoms with Crippen LogP contribution in [0.5, 0.6) is 0 Å². The van der Waals surface area contributed by atoms with Crippen molar-refractivity contribution in [3.63, 3.8) is 0 Å². The largest absolute Gasteiger partial charge is 0.833 e. The third-order valence-electron chi connectivity index (χ3n) is 3.04. The summed E-state index contributed by atoms with van der Waals surface area (Å²) in [5.74, 6) is 2.60. The summed E-state index contributed by atoms with van der Waals surface area (Å²) in [4.78, 5) is 4.10. The first kappa shape index (κ1) is 12.2. The molecule has 0 N–H and O–H groups in total. The van der Waals surface area contributed by atoms with Gasteiger partial charge in [-0.25, -0.2) is 0 Å². The van der Waals surface area contributed by atoms with Crippen LogP contribution in [0.3, 0.4) is 0 Å². The highest BCUT2D eigenvalue weighted by atomic mass is 16.2. The van der Waals surface area contributed by atoms with Gasteiger partial charge in [-0.1, -0.05) is 24.1 Å². The molecule has 1 heterocycles. The van der Waals surface area contributed by atoms with Gasteiger partial charge in [-0.05, 0) is 48.6 Å². The van der Waals surface area contributed by atoms with Crippen LogP contribution in [0, 0.1) is 19.0 Å². The molecule has 0 bridgehead atoms. The Morgan fingerprint density at radius 2 is 2.06 bits per heavy atom. The van der Waals surface area contributed by atoms with Crippen LogP contribution in [-0.2, 0) is 12.8 Å². The zero-order chi connectivity index (χ0) is 12.8. The maximum Gasteiger partial charge on any atom is 0.0299 e. The van der Waals surface area contributed by atoms with E-state index in [2.05, 4.69) is 23.0 Å². The Morgan fingerprint density at radius 1 is 1.17 bits per heavy atom. The first-order chi connectivity index (χ1) is 8.81. The molecule has 0 aliphatic heterocycles. The molecule has 0 unspecified atom stereocenters. The van der Waals surface area contributed by atoms with Crippen LogP contribution in [0.25, 0.3) is 0 Å². The number of hydrogen-bond donors (Lipinski definition) is 0. The van der Waals surface area contributed by atoms with Gasteiger partial charge in [-0.2, -0.15) is 6.11 Å². The number of rotatable bonds is 3. The van der Waals surface area contributed by atoms with Crippen LogP contribution in [0.15, 0.2) is 42.7 Å². The first-order valence-electron chi connectivity index (χ1n) is 5.92. The number of aromatic nitrogens is 1. The van der Waals surface area contributed by atoms with Gasteiger partial charge in [0.2, 0.25) is 0 Å². The maximum atomic E-state index is 10.4. The van der Waals surface area contributed by atoms with Crippen LogP contribution in [0.4, 0.5) is 0 Å². The Balaban J connectivity index is 2.14. The van der Waals surface area contributed by atoms with Gasteiger partial charge >= 0.3 is 0 Å². The van der Waals surface area contributed by atoms with Gasteiger partial charge < -0.3 is 5.11 Å². The number of pyridine rings is 1. The lowest BCUT2D eigenvalue weighted by molar-refractivity contribution is -0.247. The second kappa shape index (κ2) is 5.88. The summed E-state index contributed by atoms with van der Waals surface area (Å²) < 4.78 is 0. The van der Waals surface area contributed by atoms with E-state index in [4.69, 9.17) is 0 Å². The summed E-state index contributed by atoms with van der Waals surface area (Å²) in [6.07, 6.45) is 7.26. The second-order valence-electron chi connectivity index (χ2n) is 4.18. The fourth-order valence-electron chi connectivity index (χ4n) is 1.97. The molecule has 0 aliphatic carbocycles. The van der Waals surface area contributed by atoms with Crippen molar-refractivity contribution < 1.29 is 5.11 Å². The average molecular weight is 236 g/mol. The number of hydrogen-bond acceptors (Lipinski definition) is 2. The predicted octanol–water partition coefficient (Wildman–Crippen LogP) is 1.84. The molecule has 0 saturated heterocycles. The fourth-order valence-corrected chi connectivity index (χ4v) is 1.97. The standard InChI is InChI=1S/C16H15NO/c1-13-15(5-2-6-16(13)9-11-18)8-7-14-4-3-10-17-12-14/h2-6,10,12,18H,7-8H2,1H3/p-1. The van der Waals surface area contributed by atoms with E-state index in [-0.39, 0.29) is 0 Å². The minimum atomic E-state index is 0.827. The quantitative estimate of drug-likeness (QED) is 0.762. The monoisotopic (exact) mass is 236 g/mol. The smallest absolute Gasteiger partial charge is 0.0299 e. The molecule has 1 aromatic carbocycles. The molecule has 2 heteroatoms. The Bertz CT molecular complexity index is 579. The van der Waals surface area contributed by atoms with Crippen molar-refractivity contribution in [3.8, 4) is 12.0 Å². The van der Waals surface area contributed by atoms with E-state index in [9.17, 15) is 5.11 Å². The topological polar surface area (TPSA) is 36.0 Å². The zero-order valence-corrected chi connectivity index (χ0v) is 10.3. The molecule has 0 radical (unpaired) electrons. The highest BCUT2D eigenvalue weighted by molar-refractivity contribution is 5.44. The lowest BCUT2D eigenvalue weighted by atomic mass is 9.97. The van der Waals surface area contributed by atoms with Gasteiger partial charge in [-0.15, -0.1) is 0 Å². The van der Waals surface area contributed by atoms with E-state index >= 15 is 0 Å². The molecule has 0 atom stereocenters. The van der Waals surface area contributed by atoms with E-state index in [0.717, 1.165) is 24.0 Å². The van der Waals surface area contributed by atoms with Gasteiger partial charge in [0.1, 0.15) is 0 Å². The van der Waals surface area contributed by atoms with Crippen molar-refractivity contribution >= 4 is 0 Å². The number of aryl methyl sites for hydroxylation is 2. The molecular weight excluding hydrogens is 222 g/mol. The van der Waals surface area contributed by atoms with Gasteiger partial charge in [-0.3, -0.25) is 4.98 Å². The fraction of sp³-hybridized carbons (Fsp3) is 0.188. The van der Waals surface area contributed by atoms with E-state index in [0.29, 0.717) is 0 Å². The summed E-state index contributed by atoms with van der Waals surface area (Å²) in [7, 11) is 0. The minimum Gasteiger partial charge on any atom is -0.833 e. The molecule has 0 saturated carbocycles. The molecule has 0 spiro atoms. The van der Waals surface area contributed by atoms with Gasteiger partial charge in [0.15, 0.2) is 0 Å². The first-order valence-corrected chi connectivity index (χ1v) is 5.92. The number of benzene rings is 1. The zero-order valence-electron chi connectivity index (χ0n) is 10.3. The van der Waals surface area contributed by atoms with E-state index in [1.165, 1.54) is 11.1 Å². The molecule has 2 rings (SSSR count). The van der Waals surface area contributed by atoms with Crippen molar-refractivity contribution in [1.82, 2.24) is 4.98 Å². The molecule has 90 valence electrons. The third-order valence-corrected chi connectivity index (χ3v) is 3.04. The normalized spacial score (nSPS) is 9.61. The maximum absolute atomic E-state index is 10.4. The van der Waals surface area contributed by atoms with Crippen molar-refractivity contribution in [2.24, 2.45) is 0 Å². The summed E-state index contributed by atoms with van der Waals surface area (Å²) in [6, 6.07) is 9.94. The SMILES string of the molecule is Cc1c(C#C[O-])cccc1CCc1cccnc1. The van der Waals surface area contributed by atoms with E-state index < -0.39 is 0 Å². The Kier molecular flexibility index (Phi) is 3.98. The average Bonchev–Trinajstić information content (AvgIpc) is 2.41. The van der Waals surface area contributed by atoms with Crippen molar-refractivity contribution in [1.29, 1.82) is 0 Å². The van der Waals surface area contributed by atoms with E-state index in [1.54, 1.807) is 12.3 Å². The Labute approximate surface area is 107 Å². The summed E-state index contributed by atoms with van der Waals surface area (Å²) in [5.41, 5.74) is 4.38. The molecule has 0 aliphatic rings. The lowest BCUT2D eigenvalue weighted by Crippen LogP contribution is -1.97. The third kappa shape index (κ3) is 2.89. The van der Waals surface area contributed by atoms with Crippen LogP contribution in [0.2, 0.25) is 0 Å². The highest BCUT2D eigenvalue weighted by Crippen LogP contribution is 2.15. The molecular formula is C16H14NO-. The Morgan fingerprint density at radius 3 is 2.78 bits per heavy atom. The summed E-state index contributed by atoms with van der Waals surface area (Å²) in [6.45, 7) is 2.01. The molecule has 0 amide bonds. The predicted molar refractivity (Wildman–Crippen MR) is 69.7 cm³/mol. The summed E-state index contributed by atoms with van der Waals surface area (Å²) in [5, 5.41) is 10.4.